The molecule has 2 nitrogen and oxygen atoms in total. The van der Waals surface area contributed by atoms with Crippen LogP contribution in [-0.4, -0.2) is 5.16 Å². The summed E-state index contributed by atoms with van der Waals surface area (Å²) in [5.74, 6) is 0. The quantitative estimate of drug-likeness (QED) is 0.698. The molecule has 0 radical (unpaired) electrons. The van der Waals surface area contributed by atoms with E-state index in [-0.39, 0.29) is 0 Å². The van der Waals surface area contributed by atoms with Crippen molar-refractivity contribution in [1.29, 1.82) is 0 Å². The van der Waals surface area contributed by atoms with Gasteiger partial charge in [-0.3, -0.25) is 0 Å². The number of rotatable bonds is 1. The maximum absolute atomic E-state index is 5.14. The van der Waals surface area contributed by atoms with Crippen LogP contribution in [0.2, 0.25) is 0 Å². The van der Waals surface area contributed by atoms with Crippen molar-refractivity contribution in [1.82, 2.24) is 5.16 Å². The van der Waals surface area contributed by atoms with E-state index in [1.54, 1.807) is 0 Å². The summed E-state index contributed by atoms with van der Waals surface area (Å²) < 4.78 is 5.14. The zero-order chi connectivity index (χ0) is 8.55. The summed E-state index contributed by atoms with van der Waals surface area (Å²) >= 11 is 3.35. The van der Waals surface area contributed by atoms with Gasteiger partial charge in [0, 0.05) is 10.7 Å². The van der Waals surface area contributed by atoms with E-state index >= 15 is 0 Å². The molecule has 0 saturated carbocycles. The largest absolute Gasteiger partial charge is 0.356 e. The van der Waals surface area contributed by atoms with Crippen LogP contribution in [0.4, 0.5) is 0 Å². The lowest BCUT2D eigenvalue weighted by atomic mass is 10.2. The molecule has 0 spiro atoms. The van der Waals surface area contributed by atoms with Gasteiger partial charge in [-0.2, -0.15) is 0 Å². The van der Waals surface area contributed by atoms with Gasteiger partial charge in [-0.05, 0) is 24.6 Å². The predicted octanol–water partition coefficient (Wildman–Crippen LogP) is 3.03. The molecule has 0 unspecified atom stereocenters. The smallest absolute Gasteiger partial charge is 0.167 e. The van der Waals surface area contributed by atoms with E-state index in [4.69, 9.17) is 4.52 Å². The highest BCUT2D eigenvalue weighted by Gasteiger charge is 2.05. The molecular formula is C9H8BrNO. The molecule has 0 aliphatic heterocycles. The molecule has 1 aromatic heterocycles. The normalized spacial score (nSPS) is 10.8. The van der Waals surface area contributed by atoms with Crippen LogP contribution in [0.1, 0.15) is 11.3 Å². The molecule has 0 aliphatic rings. The van der Waals surface area contributed by atoms with E-state index in [9.17, 15) is 0 Å². The summed E-state index contributed by atoms with van der Waals surface area (Å²) in [7, 11) is 0. The summed E-state index contributed by atoms with van der Waals surface area (Å²) in [6.45, 7) is 2.04. The Morgan fingerprint density at radius 2 is 2.33 bits per heavy atom. The Morgan fingerprint density at radius 3 is 3.08 bits per heavy atom. The molecule has 0 fully saturated rings. The molecule has 3 heteroatoms. The molecule has 12 heavy (non-hydrogen) atoms. The average Bonchev–Trinajstić information content (AvgIpc) is 2.46. The maximum atomic E-state index is 5.14. The van der Waals surface area contributed by atoms with Crippen molar-refractivity contribution in [3.8, 4) is 0 Å². The van der Waals surface area contributed by atoms with Gasteiger partial charge in [-0.25, -0.2) is 0 Å². The number of hydrogen-bond donors (Lipinski definition) is 0. The van der Waals surface area contributed by atoms with Crippen molar-refractivity contribution in [2.45, 2.75) is 12.3 Å². The summed E-state index contributed by atoms with van der Waals surface area (Å²) in [4.78, 5) is 0. The molecule has 0 N–H and O–H groups in total. The van der Waals surface area contributed by atoms with Gasteiger partial charge >= 0.3 is 0 Å². The Kier molecular flexibility index (Phi) is 1.89. The van der Waals surface area contributed by atoms with E-state index in [0.717, 1.165) is 22.0 Å². The van der Waals surface area contributed by atoms with Crippen LogP contribution in [0.25, 0.3) is 11.0 Å². The Balaban J connectivity index is 2.73. The highest BCUT2D eigenvalue weighted by atomic mass is 79.9. The summed E-state index contributed by atoms with van der Waals surface area (Å²) in [5, 5.41) is 5.77. The van der Waals surface area contributed by atoms with Crippen LogP contribution in [0.3, 0.4) is 0 Å². The first-order valence-corrected chi connectivity index (χ1v) is 4.84. The first kappa shape index (κ1) is 7.80. The minimum absolute atomic E-state index is 0.739. The van der Waals surface area contributed by atoms with Crippen molar-refractivity contribution in [2.24, 2.45) is 0 Å². The Hall–Kier alpha value is -0.830. The number of nitrogens with zero attached hydrogens (tertiary/aromatic N) is 1. The van der Waals surface area contributed by atoms with Crippen LogP contribution >= 0.6 is 15.9 Å². The minimum Gasteiger partial charge on any atom is -0.356 e. The fourth-order valence-corrected chi connectivity index (χ4v) is 1.60. The topological polar surface area (TPSA) is 26.0 Å². The van der Waals surface area contributed by atoms with Gasteiger partial charge in [-0.15, -0.1) is 0 Å². The molecule has 0 amide bonds. The zero-order valence-corrected chi connectivity index (χ0v) is 8.26. The highest BCUT2D eigenvalue weighted by Crippen LogP contribution is 2.20. The van der Waals surface area contributed by atoms with E-state index in [1.165, 1.54) is 5.56 Å². The second-order valence-corrected chi connectivity index (χ2v) is 3.32. The number of alkyl halides is 1. The predicted molar refractivity (Wildman–Crippen MR) is 51.4 cm³/mol. The second-order valence-electron chi connectivity index (χ2n) is 2.76. The van der Waals surface area contributed by atoms with Gasteiger partial charge < -0.3 is 4.52 Å². The third kappa shape index (κ3) is 1.14. The molecule has 1 aromatic carbocycles. The lowest BCUT2D eigenvalue weighted by molar-refractivity contribution is 0.449. The Bertz CT molecular complexity index is 408. The molecule has 62 valence electrons. The van der Waals surface area contributed by atoms with Crippen molar-refractivity contribution >= 4 is 26.9 Å². The van der Waals surface area contributed by atoms with Crippen LogP contribution < -0.4 is 0 Å². The van der Waals surface area contributed by atoms with Crippen LogP contribution in [0, 0.1) is 6.92 Å². The van der Waals surface area contributed by atoms with E-state index in [0.29, 0.717) is 0 Å². The van der Waals surface area contributed by atoms with E-state index in [1.807, 2.05) is 19.1 Å². The molecule has 1 heterocycles. The van der Waals surface area contributed by atoms with Crippen LogP contribution in [0.15, 0.2) is 22.7 Å². The molecule has 2 aromatic rings. The number of benzene rings is 1. The fraction of sp³-hybridized carbons (Fsp3) is 0.222. The van der Waals surface area contributed by atoms with Crippen LogP contribution in [0.5, 0.6) is 0 Å². The summed E-state index contributed by atoms with van der Waals surface area (Å²) in [5.41, 5.74) is 3.02. The number of hydrogen-bond acceptors (Lipinski definition) is 2. The van der Waals surface area contributed by atoms with Crippen LogP contribution in [-0.2, 0) is 5.33 Å². The molecular weight excluding hydrogens is 218 g/mol. The van der Waals surface area contributed by atoms with Gasteiger partial charge in [0.25, 0.3) is 0 Å². The van der Waals surface area contributed by atoms with Crippen molar-refractivity contribution in [3.05, 3.63) is 29.5 Å². The zero-order valence-electron chi connectivity index (χ0n) is 6.67. The summed E-state index contributed by atoms with van der Waals surface area (Å²) in [6.07, 6.45) is 0. The van der Waals surface area contributed by atoms with E-state index in [2.05, 4.69) is 27.2 Å². The average molecular weight is 226 g/mol. The molecule has 0 bridgehead atoms. The Labute approximate surface area is 78.7 Å². The minimum atomic E-state index is 0.739. The first-order valence-electron chi connectivity index (χ1n) is 3.72. The van der Waals surface area contributed by atoms with Crippen molar-refractivity contribution in [2.75, 3.05) is 0 Å². The third-order valence-electron chi connectivity index (χ3n) is 1.83. The summed E-state index contributed by atoms with van der Waals surface area (Å²) in [6, 6.07) is 6.10. The molecule has 0 atom stereocenters. The van der Waals surface area contributed by atoms with Gasteiger partial charge in [-0.1, -0.05) is 27.2 Å². The Morgan fingerprint density at radius 1 is 1.50 bits per heavy atom. The third-order valence-corrected chi connectivity index (χ3v) is 2.36. The number of fused-ring (bicyclic) bond motifs is 1. The monoisotopic (exact) mass is 225 g/mol. The lowest BCUT2D eigenvalue weighted by Gasteiger charge is -1.90. The lowest BCUT2D eigenvalue weighted by Crippen LogP contribution is -1.76. The van der Waals surface area contributed by atoms with Gasteiger partial charge in [0.15, 0.2) is 5.58 Å². The fourth-order valence-electron chi connectivity index (χ4n) is 1.19. The SMILES string of the molecule is Cc1ccc2c(CBr)noc2c1. The highest BCUT2D eigenvalue weighted by molar-refractivity contribution is 9.08. The van der Waals surface area contributed by atoms with Crippen molar-refractivity contribution in [3.63, 3.8) is 0 Å². The van der Waals surface area contributed by atoms with Gasteiger partial charge in [0.2, 0.25) is 0 Å². The number of aryl methyl sites for hydroxylation is 1. The standard InChI is InChI=1S/C9H8BrNO/c1-6-2-3-7-8(5-10)11-12-9(7)4-6/h2-4H,5H2,1H3. The molecule has 2 rings (SSSR count). The first-order chi connectivity index (χ1) is 5.81. The van der Waals surface area contributed by atoms with Crippen molar-refractivity contribution < 1.29 is 4.52 Å². The van der Waals surface area contributed by atoms with Gasteiger partial charge in [0.1, 0.15) is 5.69 Å². The van der Waals surface area contributed by atoms with E-state index < -0.39 is 0 Å². The molecule has 0 saturated heterocycles. The second kappa shape index (κ2) is 2.90. The van der Waals surface area contributed by atoms with Gasteiger partial charge in [0.05, 0.1) is 0 Å². The number of aromatic nitrogens is 1. The number of halogens is 1. The molecule has 0 aliphatic carbocycles. The maximum Gasteiger partial charge on any atom is 0.167 e.